The average Bonchev–Trinajstić information content (AvgIpc) is 2.98. The van der Waals surface area contributed by atoms with Crippen molar-refractivity contribution in [1.29, 1.82) is 0 Å². The van der Waals surface area contributed by atoms with Crippen LogP contribution in [0.25, 0.3) is 0 Å². The standard InChI is InChI=1S/C34H56Cl2N4/c1-3-5-7-9-13-17-25-37-31-21-27-39(28-22-31)33(35)19-15-11-12-16-20-34(36)40-29-23-32(24-30-40)38-26-18-14-10-8-6-4-2/h21-24,27-30,33-34H,3-20,25-26H2,1-2H3/p+2. The van der Waals surface area contributed by atoms with Crippen molar-refractivity contribution in [2.75, 3.05) is 23.7 Å². The highest BCUT2D eigenvalue weighted by Crippen LogP contribution is 2.19. The van der Waals surface area contributed by atoms with Crippen molar-refractivity contribution in [3.63, 3.8) is 0 Å². The van der Waals surface area contributed by atoms with E-state index in [9.17, 15) is 0 Å². The van der Waals surface area contributed by atoms with Gasteiger partial charge in [-0.05, 0) is 48.9 Å². The van der Waals surface area contributed by atoms with Crippen LogP contribution in [0.2, 0.25) is 0 Å². The molecule has 2 N–H and O–H groups in total. The van der Waals surface area contributed by atoms with E-state index in [0.29, 0.717) is 0 Å². The molecule has 2 heterocycles. The molecule has 0 amide bonds. The Balaban J connectivity index is 1.51. The van der Waals surface area contributed by atoms with Crippen molar-refractivity contribution >= 4 is 34.6 Å². The fourth-order valence-electron chi connectivity index (χ4n) is 5.04. The zero-order valence-corrected chi connectivity index (χ0v) is 27.1. The molecule has 40 heavy (non-hydrogen) atoms. The van der Waals surface area contributed by atoms with Crippen molar-refractivity contribution < 1.29 is 9.13 Å². The lowest BCUT2D eigenvalue weighted by atomic mass is 10.1. The molecule has 0 aliphatic rings. The maximum atomic E-state index is 6.68. The van der Waals surface area contributed by atoms with Crippen molar-refractivity contribution in [2.45, 2.75) is 140 Å². The van der Waals surface area contributed by atoms with Gasteiger partial charge in [-0.25, -0.2) is 0 Å². The molecule has 0 aliphatic heterocycles. The molecule has 6 heteroatoms. The number of alkyl halides is 2. The monoisotopic (exact) mass is 592 g/mol. The lowest BCUT2D eigenvalue weighted by Gasteiger charge is -2.09. The summed E-state index contributed by atoms with van der Waals surface area (Å²) in [5, 5.41) is 7.07. The van der Waals surface area contributed by atoms with E-state index in [1.54, 1.807) is 0 Å². The van der Waals surface area contributed by atoms with Gasteiger partial charge in [0.15, 0.2) is 24.8 Å². The fraction of sp³-hybridized carbons (Fsp3) is 0.706. The van der Waals surface area contributed by atoms with E-state index in [-0.39, 0.29) is 11.0 Å². The van der Waals surface area contributed by atoms with Crippen molar-refractivity contribution in [3.8, 4) is 0 Å². The minimum absolute atomic E-state index is 0.0112. The zero-order chi connectivity index (χ0) is 28.7. The number of rotatable bonds is 25. The lowest BCUT2D eigenvalue weighted by Crippen LogP contribution is -2.35. The van der Waals surface area contributed by atoms with E-state index >= 15 is 0 Å². The van der Waals surface area contributed by atoms with Crippen LogP contribution in [0.1, 0.15) is 140 Å². The molecule has 0 aliphatic carbocycles. The predicted octanol–water partition coefficient (Wildman–Crippen LogP) is 10.3. The third-order valence-electron chi connectivity index (χ3n) is 7.71. The van der Waals surface area contributed by atoms with Gasteiger partial charge in [-0.3, -0.25) is 0 Å². The van der Waals surface area contributed by atoms with Gasteiger partial charge in [-0.15, -0.1) is 0 Å². The number of nitrogens with one attached hydrogen (secondary N) is 2. The largest absolute Gasteiger partial charge is 0.385 e. The van der Waals surface area contributed by atoms with Crippen LogP contribution >= 0.6 is 23.2 Å². The summed E-state index contributed by atoms with van der Waals surface area (Å²) in [5.74, 6) is 0. The molecule has 0 saturated carbocycles. The van der Waals surface area contributed by atoms with Gasteiger partial charge in [0, 0.05) is 61.6 Å². The number of nitrogens with zero attached hydrogens (tertiary/aromatic N) is 2. The quantitative estimate of drug-likeness (QED) is 0.0682. The van der Waals surface area contributed by atoms with E-state index in [0.717, 1.165) is 38.8 Å². The van der Waals surface area contributed by atoms with E-state index in [4.69, 9.17) is 23.2 Å². The molecule has 2 unspecified atom stereocenters. The summed E-state index contributed by atoms with van der Waals surface area (Å²) in [7, 11) is 0. The fourth-order valence-corrected chi connectivity index (χ4v) is 5.61. The first-order chi connectivity index (χ1) is 19.6. The zero-order valence-electron chi connectivity index (χ0n) is 25.6. The van der Waals surface area contributed by atoms with Gasteiger partial charge in [-0.1, -0.05) is 90.9 Å². The normalized spacial score (nSPS) is 12.8. The van der Waals surface area contributed by atoms with Gasteiger partial charge >= 0.3 is 0 Å². The number of hydrogen-bond acceptors (Lipinski definition) is 2. The third kappa shape index (κ3) is 16.1. The minimum atomic E-state index is 0.0112. The Morgan fingerprint density at radius 1 is 0.500 bits per heavy atom. The molecule has 226 valence electrons. The minimum Gasteiger partial charge on any atom is -0.385 e. The molecule has 2 aromatic rings. The maximum Gasteiger partial charge on any atom is 0.232 e. The molecule has 2 rings (SSSR count). The Hall–Kier alpha value is -1.52. The maximum absolute atomic E-state index is 6.68. The molecule has 4 nitrogen and oxygen atoms in total. The highest BCUT2D eigenvalue weighted by atomic mass is 35.5. The topological polar surface area (TPSA) is 31.8 Å². The summed E-state index contributed by atoms with van der Waals surface area (Å²) in [6.07, 6.45) is 31.0. The highest BCUT2D eigenvalue weighted by Gasteiger charge is 2.16. The Labute approximate surface area is 256 Å². The SMILES string of the molecule is CCCCCCCCNc1cc[n+](C(Cl)CCCCCCC(Cl)[n+]2ccc(NCCCCCCCC)cc2)cc1. The summed E-state index contributed by atoms with van der Waals surface area (Å²) < 4.78 is 4.24. The summed E-state index contributed by atoms with van der Waals surface area (Å²) in [6, 6.07) is 8.57. The number of pyridine rings is 2. The lowest BCUT2D eigenvalue weighted by molar-refractivity contribution is -0.703. The van der Waals surface area contributed by atoms with Gasteiger partial charge in [0.2, 0.25) is 11.0 Å². The first kappa shape index (κ1) is 34.7. The average molecular weight is 594 g/mol. The molecular weight excluding hydrogens is 535 g/mol. The van der Waals surface area contributed by atoms with Crippen LogP contribution in [0, 0.1) is 0 Å². The van der Waals surface area contributed by atoms with Crippen LogP contribution < -0.4 is 19.8 Å². The third-order valence-corrected chi connectivity index (χ3v) is 8.59. The Kier molecular flexibility index (Phi) is 20.0. The van der Waals surface area contributed by atoms with Crippen LogP contribution in [0.4, 0.5) is 11.4 Å². The van der Waals surface area contributed by atoms with Crippen LogP contribution in [0.3, 0.4) is 0 Å². The Morgan fingerprint density at radius 2 is 0.825 bits per heavy atom. The first-order valence-corrected chi connectivity index (χ1v) is 17.3. The van der Waals surface area contributed by atoms with Gasteiger partial charge in [0.1, 0.15) is 0 Å². The number of halogens is 2. The predicted molar refractivity (Wildman–Crippen MR) is 174 cm³/mol. The molecule has 0 aromatic carbocycles. The highest BCUT2D eigenvalue weighted by molar-refractivity contribution is 6.18. The van der Waals surface area contributed by atoms with Crippen molar-refractivity contribution in [1.82, 2.24) is 0 Å². The number of unbranched alkanes of at least 4 members (excludes halogenated alkanes) is 13. The second-order valence-electron chi connectivity index (χ2n) is 11.3. The Bertz CT molecular complexity index is 773. The van der Waals surface area contributed by atoms with Gasteiger partial charge in [-0.2, -0.15) is 9.13 Å². The van der Waals surface area contributed by atoms with Crippen LogP contribution in [-0.4, -0.2) is 13.1 Å². The summed E-state index contributed by atoms with van der Waals surface area (Å²) >= 11 is 13.4. The first-order valence-electron chi connectivity index (χ1n) is 16.4. The number of hydrogen-bond donors (Lipinski definition) is 2. The van der Waals surface area contributed by atoms with E-state index in [1.807, 2.05) is 0 Å². The molecule has 0 spiro atoms. The van der Waals surface area contributed by atoms with Crippen LogP contribution in [0.5, 0.6) is 0 Å². The molecule has 0 bridgehead atoms. The van der Waals surface area contributed by atoms with E-state index in [1.165, 1.54) is 101 Å². The second-order valence-corrected chi connectivity index (χ2v) is 12.3. The summed E-state index contributed by atoms with van der Waals surface area (Å²) in [5.41, 5.74) is 2.39. The second kappa shape index (κ2) is 23.1. The summed E-state index contributed by atoms with van der Waals surface area (Å²) in [4.78, 5) is 0. The van der Waals surface area contributed by atoms with Crippen LogP contribution in [0.15, 0.2) is 49.1 Å². The Morgan fingerprint density at radius 3 is 1.20 bits per heavy atom. The molecule has 0 radical (unpaired) electrons. The molecule has 0 fully saturated rings. The molecular formula is C34H58Cl2N4+2. The van der Waals surface area contributed by atoms with Gasteiger partial charge < -0.3 is 10.6 Å². The van der Waals surface area contributed by atoms with Gasteiger partial charge in [0.25, 0.3) is 0 Å². The van der Waals surface area contributed by atoms with Crippen molar-refractivity contribution in [2.24, 2.45) is 0 Å². The molecule has 0 saturated heterocycles. The van der Waals surface area contributed by atoms with Gasteiger partial charge in [0.05, 0.1) is 0 Å². The molecule has 2 atom stereocenters. The van der Waals surface area contributed by atoms with Crippen molar-refractivity contribution in [3.05, 3.63) is 49.1 Å². The number of aromatic nitrogens is 2. The molecule has 2 aromatic heterocycles. The summed E-state index contributed by atoms with van der Waals surface area (Å²) in [6.45, 7) is 6.62. The van der Waals surface area contributed by atoms with E-state index < -0.39 is 0 Å². The van der Waals surface area contributed by atoms with E-state index in [2.05, 4.69) is 82.7 Å². The smallest absolute Gasteiger partial charge is 0.232 e. The van der Waals surface area contributed by atoms with Crippen LogP contribution in [-0.2, 0) is 0 Å². The number of anilines is 2.